The second-order valence-corrected chi connectivity index (χ2v) is 4.90. The van der Waals surface area contributed by atoms with Gasteiger partial charge in [0.1, 0.15) is 5.82 Å². The molecule has 0 saturated heterocycles. The van der Waals surface area contributed by atoms with Crippen molar-refractivity contribution in [2.75, 3.05) is 13.7 Å². The van der Waals surface area contributed by atoms with E-state index in [1.807, 2.05) is 4.57 Å². The molecule has 0 bridgehead atoms. The van der Waals surface area contributed by atoms with Gasteiger partial charge in [-0.2, -0.15) is 5.10 Å². The molecule has 0 unspecified atom stereocenters. The summed E-state index contributed by atoms with van der Waals surface area (Å²) in [5, 5.41) is 7.16. The quantitative estimate of drug-likeness (QED) is 0.826. The molecule has 1 heterocycles. The maximum atomic E-state index is 5.23. The smallest absolute Gasteiger partial charge is 0.195 e. The molecule has 0 saturated carbocycles. The molecular weight excluding hydrogens is 258 g/mol. The number of H-pyrrole nitrogens is 1. The molecule has 1 N–H and O–H groups in total. The van der Waals surface area contributed by atoms with Crippen LogP contribution >= 0.6 is 12.2 Å². The third-order valence-corrected chi connectivity index (χ3v) is 3.55. The number of nitrogens with one attached hydrogen (secondary N) is 1. The van der Waals surface area contributed by atoms with E-state index in [1.54, 1.807) is 7.11 Å². The zero-order valence-electron chi connectivity index (χ0n) is 11.3. The fourth-order valence-electron chi connectivity index (χ4n) is 2.09. The van der Waals surface area contributed by atoms with E-state index in [1.165, 1.54) is 11.1 Å². The first-order chi connectivity index (χ1) is 9.22. The van der Waals surface area contributed by atoms with E-state index in [2.05, 4.69) is 41.4 Å². The van der Waals surface area contributed by atoms with Crippen LogP contribution in [0.15, 0.2) is 24.3 Å². The van der Waals surface area contributed by atoms with Gasteiger partial charge in [-0.25, -0.2) is 0 Å². The van der Waals surface area contributed by atoms with Crippen molar-refractivity contribution < 1.29 is 4.74 Å². The lowest BCUT2D eigenvalue weighted by Crippen LogP contribution is -2.09. The lowest BCUT2D eigenvalue weighted by atomic mass is 10.0. The largest absolute Gasteiger partial charge is 0.383 e. The summed E-state index contributed by atoms with van der Waals surface area (Å²) in [5.41, 5.74) is 2.68. The lowest BCUT2D eigenvalue weighted by molar-refractivity contribution is 0.186. The Labute approximate surface area is 118 Å². The lowest BCUT2D eigenvalue weighted by Gasteiger charge is -2.07. The molecule has 0 aliphatic carbocycles. The Morgan fingerprint density at radius 2 is 2.11 bits per heavy atom. The van der Waals surface area contributed by atoms with Crippen LogP contribution < -0.4 is 0 Å². The van der Waals surface area contributed by atoms with Crippen molar-refractivity contribution in [3.63, 3.8) is 0 Å². The van der Waals surface area contributed by atoms with Crippen LogP contribution in [0.2, 0.25) is 0 Å². The standard InChI is InChI=1S/C14H19N3OS/c1-11-5-3-4-6-12(11)7-8-13-15-16-14(19)17(13)9-10-18-2/h3-6H,7-10H2,1-2H3,(H,16,19). The van der Waals surface area contributed by atoms with Crippen LogP contribution in [0.4, 0.5) is 0 Å². The van der Waals surface area contributed by atoms with Crippen molar-refractivity contribution in [3.05, 3.63) is 46.0 Å². The normalized spacial score (nSPS) is 10.8. The van der Waals surface area contributed by atoms with Crippen LogP contribution in [-0.2, 0) is 24.1 Å². The summed E-state index contributed by atoms with van der Waals surface area (Å²) in [6.07, 6.45) is 1.85. The fourth-order valence-corrected chi connectivity index (χ4v) is 2.33. The highest BCUT2D eigenvalue weighted by molar-refractivity contribution is 7.71. The van der Waals surface area contributed by atoms with Gasteiger partial charge in [0.15, 0.2) is 4.77 Å². The summed E-state index contributed by atoms with van der Waals surface area (Å²) in [6.45, 7) is 3.53. The molecule has 0 aliphatic heterocycles. The molecule has 5 heteroatoms. The molecule has 19 heavy (non-hydrogen) atoms. The van der Waals surface area contributed by atoms with Crippen molar-refractivity contribution in [2.24, 2.45) is 0 Å². The number of aromatic nitrogens is 3. The molecule has 1 aromatic carbocycles. The van der Waals surface area contributed by atoms with Gasteiger partial charge in [-0.15, -0.1) is 0 Å². The molecule has 0 radical (unpaired) electrons. The number of rotatable bonds is 6. The van der Waals surface area contributed by atoms with Gasteiger partial charge in [0.2, 0.25) is 0 Å². The predicted octanol–water partition coefficient (Wildman–Crippen LogP) is 2.68. The summed E-state index contributed by atoms with van der Waals surface area (Å²) in [4.78, 5) is 0. The van der Waals surface area contributed by atoms with Crippen molar-refractivity contribution in [1.29, 1.82) is 0 Å². The van der Waals surface area contributed by atoms with Crippen molar-refractivity contribution >= 4 is 12.2 Å². The predicted molar refractivity (Wildman–Crippen MR) is 77.9 cm³/mol. The molecule has 2 rings (SSSR count). The number of nitrogens with zero attached hydrogens (tertiary/aromatic N) is 2. The number of methoxy groups -OCH3 is 1. The van der Waals surface area contributed by atoms with Gasteiger partial charge in [-0.1, -0.05) is 24.3 Å². The highest BCUT2D eigenvalue weighted by Gasteiger charge is 2.07. The Bertz CT molecular complexity index is 588. The van der Waals surface area contributed by atoms with Gasteiger partial charge in [-0.05, 0) is 36.7 Å². The van der Waals surface area contributed by atoms with E-state index < -0.39 is 0 Å². The Morgan fingerprint density at radius 1 is 1.32 bits per heavy atom. The molecule has 0 fully saturated rings. The molecule has 0 atom stereocenters. The molecule has 102 valence electrons. The number of hydrogen-bond donors (Lipinski definition) is 1. The topological polar surface area (TPSA) is 42.8 Å². The Kier molecular flexibility index (Phi) is 4.87. The van der Waals surface area contributed by atoms with Crippen LogP contribution in [0, 0.1) is 11.7 Å². The first-order valence-corrected chi connectivity index (χ1v) is 6.80. The maximum absolute atomic E-state index is 5.23. The Morgan fingerprint density at radius 3 is 2.84 bits per heavy atom. The van der Waals surface area contributed by atoms with Crippen molar-refractivity contribution in [2.45, 2.75) is 26.3 Å². The molecule has 0 aliphatic rings. The summed E-state index contributed by atoms with van der Waals surface area (Å²) in [6, 6.07) is 8.44. The van der Waals surface area contributed by atoms with Crippen molar-refractivity contribution in [3.8, 4) is 0 Å². The second kappa shape index (κ2) is 6.63. The van der Waals surface area contributed by atoms with E-state index in [0.717, 1.165) is 25.2 Å². The third-order valence-electron chi connectivity index (χ3n) is 3.24. The third kappa shape index (κ3) is 3.52. The Hall–Kier alpha value is -1.46. The maximum Gasteiger partial charge on any atom is 0.195 e. The average Bonchev–Trinajstić information content (AvgIpc) is 2.76. The van der Waals surface area contributed by atoms with E-state index in [4.69, 9.17) is 17.0 Å². The van der Waals surface area contributed by atoms with E-state index in [9.17, 15) is 0 Å². The number of aromatic amines is 1. The first kappa shape index (κ1) is 14.0. The van der Waals surface area contributed by atoms with Crippen LogP contribution in [0.1, 0.15) is 17.0 Å². The molecule has 0 amide bonds. The van der Waals surface area contributed by atoms with Gasteiger partial charge < -0.3 is 9.30 Å². The monoisotopic (exact) mass is 277 g/mol. The van der Waals surface area contributed by atoms with Crippen LogP contribution in [0.25, 0.3) is 0 Å². The molecule has 4 nitrogen and oxygen atoms in total. The van der Waals surface area contributed by atoms with Gasteiger partial charge >= 0.3 is 0 Å². The van der Waals surface area contributed by atoms with Gasteiger partial charge in [-0.3, -0.25) is 5.10 Å². The Balaban J connectivity index is 2.07. The zero-order chi connectivity index (χ0) is 13.7. The number of aryl methyl sites for hydroxylation is 3. The highest BCUT2D eigenvalue weighted by atomic mass is 32.1. The summed E-state index contributed by atoms with van der Waals surface area (Å²) >= 11 is 5.23. The van der Waals surface area contributed by atoms with Crippen molar-refractivity contribution in [1.82, 2.24) is 14.8 Å². The van der Waals surface area contributed by atoms with Gasteiger partial charge in [0.05, 0.1) is 6.61 Å². The van der Waals surface area contributed by atoms with E-state index in [0.29, 0.717) is 11.4 Å². The SMILES string of the molecule is COCCn1c(CCc2ccccc2C)n[nH]c1=S. The number of hydrogen-bond acceptors (Lipinski definition) is 3. The highest BCUT2D eigenvalue weighted by Crippen LogP contribution is 2.10. The van der Waals surface area contributed by atoms with Crippen LogP contribution in [0.5, 0.6) is 0 Å². The second-order valence-electron chi connectivity index (χ2n) is 4.52. The first-order valence-electron chi connectivity index (χ1n) is 6.40. The molecular formula is C14H19N3OS. The van der Waals surface area contributed by atoms with E-state index >= 15 is 0 Å². The van der Waals surface area contributed by atoms with E-state index in [-0.39, 0.29) is 0 Å². The average molecular weight is 277 g/mol. The minimum atomic E-state index is 0.644. The molecule has 1 aromatic heterocycles. The minimum absolute atomic E-state index is 0.644. The minimum Gasteiger partial charge on any atom is -0.383 e. The zero-order valence-corrected chi connectivity index (χ0v) is 12.2. The van der Waals surface area contributed by atoms with Gasteiger partial charge in [0, 0.05) is 20.1 Å². The summed E-state index contributed by atoms with van der Waals surface area (Å²) < 4.78 is 7.77. The number of benzene rings is 1. The molecule has 2 aromatic rings. The molecule has 0 spiro atoms. The van der Waals surface area contributed by atoms with Crippen LogP contribution in [-0.4, -0.2) is 28.5 Å². The fraction of sp³-hybridized carbons (Fsp3) is 0.429. The van der Waals surface area contributed by atoms with Crippen LogP contribution in [0.3, 0.4) is 0 Å². The summed E-state index contributed by atoms with van der Waals surface area (Å²) in [5.74, 6) is 0.991. The number of ether oxygens (including phenoxy) is 1. The van der Waals surface area contributed by atoms with Gasteiger partial charge in [0.25, 0.3) is 0 Å². The summed E-state index contributed by atoms with van der Waals surface area (Å²) in [7, 11) is 1.69.